The number of halogens is 2. The molecule has 4 rings (SSSR count). The van der Waals surface area contributed by atoms with E-state index in [1.165, 1.54) is 5.56 Å². The summed E-state index contributed by atoms with van der Waals surface area (Å²) in [5.41, 5.74) is 2.43. The predicted molar refractivity (Wildman–Crippen MR) is 81.0 cm³/mol. The molecule has 3 aliphatic rings. The second-order valence-electron chi connectivity index (χ2n) is 7.59. The largest absolute Gasteiger partial charge is 0.299 e. The van der Waals surface area contributed by atoms with Crippen molar-refractivity contribution in [3.63, 3.8) is 0 Å². The third-order valence-corrected chi connectivity index (χ3v) is 6.71. The standard InChI is InChI=1S/C19H22F2O/c1-19-9-8-14-13-4-3-12(18(20)21)10-11(13)2-5-15(14)16(19)6-7-17(19)22/h3-4,10,14-16,18H,2,5-9H2,1H3/t14-,15-,16+,19+/m1/s1. The molecule has 1 nitrogen and oxygen atoms in total. The molecule has 0 unspecified atom stereocenters. The molecule has 3 heteroatoms. The van der Waals surface area contributed by atoms with Crippen LogP contribution in [0.1, 0.15) is 68.1 Å². The number of alkyl halides is 2. The number of carbonyl (C=O) groups excluding carboxylic acids is 1. The molecule has 0 saturated heterocycles. The third kappa shape index (κ3) is 1.90. The Bertz CT molecular complexity index is 624. The highest BCUT2D eigenvalue weighted by Gasteiger charge is 2.54. The number of ketones is 1. The van der Waals surface area contributed by atoms with Crippen LogP contribution in [-0.4, -0.2) is 5.78 Å². The van der Waals surface area contributed by atoms with Gasteiger partial charge in [-0.1, -0.05) is 19.1 Å². The highest BCUT2D eigenvalue weighted by Crippen LogP contribution is 2.59. The van der Waals surface area contributed by atoms with Crippen molar-refractivity contribution in [2.45, 2.75) is 57.8 Å². The first kappa shape index (κ1) is 14.3. The van der Waals surface area contributed by atoms with Crippen molar-refractivity contribution in [1.82, 2.24) is 0 Å². The zero-order valence-corrected chi connectivity index (χ0v) is 12.9. The summed E-state index contributed by atoms with van der Waals surface area (Å²) >= 11 is 0. The van der Waals surface area contributed by atoms with Crippen LogP contribution in [0.5, 0.6) is 0 Å². The molecule has 0 aromatic heterocycles. The number of aryl methyl sites for hydroxylation is 1. The molecule has 0 radical (unpaired) electrons. The first-order chi connectivity index (χ1) is 10.5. The molecule has 2 fully saturated rings. The number of rotatable bonds is 1. The lowest BCUT2D eigenvalue weighted by molar-refractivity contribution is -0.129. The van der Waals surface area contributed by atoms with E-state index in [1.807, 2.05) is 6.07 Å². The SMILES string of the molecule is C[C@]12CC[C@@H]3c4ccc(C(F)F)cc4CC[C@H]3[C@@H]1CCC2=O. The maximum absolute atomic E-state index is 12.9. The van der Waals surface area contributed by atoms with Crippen molar-refractivity contribution in [2.24, 2.45) is 17.3 Å². The maximum atomic E-state index is 12.9. The summed E-state index contributed by atoms with van der Waals surface area (Å²) < 4.78 is 25.8. The van der Waals surface area contributed by atoms with Crippen molar-refractivity contribution in [1.29, 1.82) is 0 Å². The van der Waals surface area contributed by atoms with Gasteiger partial charge in [-0.3, -0.25) is 4.79 Å². The Morgan fingerprint density at radius 3 is 2.77 bits per heavy atom. The van der Waals surface area contributed by atoms with E-state index in [1.54, 1.807) is 12.1 Å². The van der Waals surface area contributed by atoms with Gasteiger partial charge in [-0.2, -0.15) is 0 Å². The summed E-state index contributed by atoms with van der Waals surface area (Å²) in [5.74, 6) is 1.99. The molecule has 118 valence electrons. The monoisotopic (exact) mass is 304 g/mol. The number of carbonyl (C=O) groups is 1. The molecule has 2 saturated carbocycles. The van der Waals surface area contributed by atoms with Gasteiger partial charge in [0.15, 0.2) is 0 Å². The van der Waals surface area contributed by atoms with Crippen molar-refractivity contribution in [3.05, 3.63) is 34.9 Å². The summed E-state index contributed by atoms with van der Waals surface area (Å²) in [6, 6.07) is 5.25. The van der Waals surface area contributed by atoms with E-state index in [9.17, 15) is 13.6 Å². The molecule has 0 spiro atoms. The minimum Gasteiger partial charge on any atom is -0.299 e. The normalized spacial score (nSPS) is 36.9. The lowest BCUT2D eigenvalue weighted by Crippen LogP contribution is -2.42. The summed E-state index contributed by atoms with van der Waals surface area (Å²) in [7, 11) is 0. The minimum absolute atomic E-state index is 0.110. The van der Waals surface area contributed by atoms with Gasteiger partial charge in [-0.05, 0) is 67.1 Å². The smallest absolute Gasteiger partial charge is 0.263 e. The second-order valence-corrected chi connectivity index (χ2v) is 7.59. The van der Waals surface area contributed by atoms with Gasteiger partial charge >= 0.3 is 0 Å². The van der Waals surface area contributed by atoms with Crippen LogP contribution in [-0.2, 0) is 11.2 Å². The molecule has 1 aromatic rings. The Kier molecular flexibility index (Phi) is 3.18. The van der Waals surface area contributed by atoms with Crippen molar-refractivity contribution in [3.8, 4) is 0 Å². The number of benzene rings is 1. The summed E-state index contributed by atoms with van der Waals surface area (Å²) in [4.78, 5) is 12.3. The highest BCUT2D eigenvalue weighted by atomic mass is 19.3. The van der Waals surface area contributed by atoms with Gasteiger partial charge in [0, 0.05) is 17.4 Å². The summed E-state index contributed by atoms with van der Waals surface area (Å²) in [5, 5.41) is 0. The number of Topliss-reactive ketones (excluding diaryl/α,β-unsaturated/α-hetero) is 1. The Hall–Kier alpha value is -1.25. The quantitative estimate of drug-likeness (QED) is 0.709. The first-order valence-electron chi connectivity index (χ1n) is 8.45. The van der Waals surface area contributed by atoms with Crippen LogP contribution in [0.3, 0.4) is 0 Å². The lowest BCUT2D eigenvalue weighted by atomic mass is 9.55. The lowest BCUT2D eigenvalue weighted by Gasteiger charge is -2.48. The average Bonchev–Trinajstić information content (AvgIpc) is 2.82. The number of hydrogen-bond donors (Lipinski definition) is 0. The van der Waals surface area contributed by atoms with Crippen molar-refractivity contribution in [2.75, 3.05) is 0 Å². The van der Waals surface area contributed by atoms with E-state index in [0.29, 0.717) is 23.5 Å². The molecule has 0 aliphatic heterocycles. The van der Waals surface area contributed by atoms with E-state index < -0.39 is 6.43 Å². The Balaban J connectivity index is 1.69. The van der Waals surface area contributed by atoms with Gasteiger partial charge in [-0.25, -0.2) is 8.78 Å². The molecule has 1 aromatic carbocycles. The molecule has 0 heterocycles. The fourth-order valence-corrected chi connectivity index (χ4v) is 5.51. The van der Waals surface area contributed by atoms with Crippen LogP contribution < -0.4 is 0 Å². The Morgan fingerprint density at radius 1 is 1.18 bits per heavy atom. The molecule has 0 N–H and O–H groups in total. The molecule has 0 bridgehead atoms. The third-order valence-electron chi connectivity index (χ3n) is 6.71. The van der Waals surface area contributed by atoms with Gasteiger partial charge in [0.2, 0.25) is 0 Å². The minimum atomic E-state index is -2.38. The van der Waals surface area contributed by atoms with Crippen LogP contribution in [0.25, 0.3) is 0 Å². The topological polar surface area (TPSA) is 17.1 Å². The first-order valence-corrected chi connectivity index (χ1v) is 8.45. The van der Waals surface area contributed by atoms with E-state index >= 15 is 0 Å². The van der Waals surface area contributed by atoms with Gasteiger partial charge in [0.25, 0.3) is 6.43 Å². The summed E-state index contributed by atoms with van der Waals surface area (Å²) in [6.45, 7) is 2.17. The fourth-order valence-electron chi connectivity index (χ4n) is 5.51. The molecule has 22 heavy (non-hydrogen) atoms. The van der Waals surface area contributed by atoms with Crippen LogP contribution in [0.15, 0.2) is 18.2 Å². The molecule has 3 aliphatic carbocycles. The van der Waals surface area contributed by atoms with Crippen molar-refractivity contribution < 1.29 is 13.6 Å². The zero-order valence-electron chi connectivity index (χ0n) is 12.9. The van der Waals surface area contributed by atoms with Crippen molar-refractivity contribution >= 4 is 5.78 Å². The second kappa shape index (κ2) is 4.87. The van der Waals surface area contributed by atoms with Crippen LogP contribution in [0, 0.1) is 17.3 Å². The van der Waals surface area contributed by atoms with Crippen LogP contribution >= 0.6 is 0 Å². The Labute approximate surface area is 130 Å². The molecular weight excluding hydrogens is 282 g/mol. The van der Waals surface area contributed by atoms with Gasteiger partial charge in [-0.15, -0.1) is 0 Å². The van der Waals surface area contributed by atoms with E-state index in [0.717, 1.165) is 44.1 Å². The van der Waals surface area contributed by atoms with Gasteiger partial charge in [0.05, 0.1) is 0 Å². The fraction of sp³-hybridized carbons (Fsp3) is 0.632. The molecular formula is C19H22F2O. The predicted octanol–water partition coefficient (Wildman–Crippen LogP) is 5.05. The van der Waals surface area contributed by atoms with E-state index in [-0.39, 0.29) is 11.0 Å². The van der Waals surface area contributed by atoms with E-state index in [2.05, 4.69) is 6.92 Å². The number of fused-ring (bicyclic) bond motifs is 5. The zero-order chi connectivity index (χ0) is 15.5. The highest BCUT2D eigenvalue weighted by molar-refractivity contribution is 5.87. The van der Waals surface area contributed by atoms with Crippen LogP contribution in [0.2, 0.25) is 0 Å². The summed E-state index contributed by atoms with van der Waals surface area (Å²) in [6.07, 6.45) is 3.32. The average molecular weight is 304 g/mol. The molecule has 4 atom stereocenters. The Morgan fingerprint density at radius 2 is 2.00 bits per heavy atom. The van der Waals surface area contributed by atoms with Gasteiger partial charge in [0.1, 0.15) is 5.78 Å². The van der Waals surface area contributed by atoms with E-state index in [4.69, 9.17) is 0 Å². The molecule has 0 amide bonds. The number of hydrogen-bond acceptors (Lipinski definition) is 1. The maximum Gasteiger partial charge on any atom is 0.263 e. The van der Waals surface area contributed by atoms with Crippen LogP contribution in [0.4, 0.5) is 8.78 Å². The van der Waals surface area contributed by atoms with Gasteiger partial charge < -0.3 is 0 Å².